The van der Waals surface area contributed by atoms with Crippen molar-refractivity contribution >= 4 is 27.5 Å². The van der Waals surface area contributed by atoms with Gasteiger partial charge in [-0.2, -0.15) is 0 Å². The molecule has 34 heavy (non-hydrogen) atoms. The summed E-state index contributed by atoms with van der Waals surface area (Å²) in [7, 11) is 3.19. The Balaban J connectivity index is 1.42. The summed E-state index contributed by atoms with van der Waals surface area (Å²) in [6, 6.07) is 5.69. The van der Waals surface area contributed by atoms with E-state index in [1.54, 1.807) is 25.6 Å². The zero-order valence-corrected chi connectivity index (χ0v) is 21.4. The Bertz CT molecular complexity index is 1260. The molecule has 2 aromatic heterocycles. The highest BCUT2D eigenvalue weighted by atomic mass is 32.1. The molecule has 0 unspecified atom stereocenters. The number of nitrogens with zero attached hydrogens (tertiary/aromatic N) is 2. The first kappa shape index (κ1) is 24.3. The van der Waals surface area contributed by atoms with Crippen LogP contribution in [0.1, 0.15) is 43.2 Å². The van der Waals surface area contributed by atoms with Gasteiger partial charge in [-0.1, -0.05) is 26.8 Å². The number of amides is 1. The van der Waals surface area contributed by atoms with E-state index in [-0.39, 0.29) is 23.4 Å². The fourth-order valence-electron chi connectivity index (χ4n) is 4.65. The molecule has 0 fully saturated rings. The quantitative estimate of drug-likeness (QED) is 0.550. The highest BCUT2D eigenvalue weighted by Gasteiger charge is 2.31. The van der Waals surface area contributed by atoms with E-state index in [0.717, 1.165) is 35.2 Å². The van der Waals surface area contributed by atoms with Crippen molar-refractivity contribution in [2.75, 3.05) is 20.8 Å². The van der Waals surface area contributed by atoms with Crippen molar-refractivity contribution in [2.45, 2.75) is 53.0 Å². The molecule has 7 nitrogen and oxygen atoms in total. The van der Waals surface area contributed by atoms with Crippen LogP contribution < -0.4 is 20.3 Å². The first-order valence-corrected chi connectivity index (χ1v) is 12.5. The molecule has 0 radical (unpaired) electrons. The topological polar surface area (TPSA) is 82.5 Å². The molecule has 1 aliphatic rings. The molecule has 0 saturated carbocycles. The number of benzene rings is 1. The number of rotatable bonds is 7. The minimum absolute atomic E-state index is 0.0387. The lowest BCUT2D eigenvalue weighted by atomic mass is 9.72. The number of aryl methyl sites for hydroxylation is 1. The van der Waals surface area contributed by atoms with E-state index in [0.29, 0.717) is 35.8 Å². The molecular formula is C26H33N3O4S. The van der Waals surface area contributed by atoms with Gasteiger partial charge in [0.2, 0.25) is 5.91 Å². The van der Waals surface area contributed by atoms with Crippen LogP contribution in [0, 0.1) is 11.3 Å². The summed E-state index contributed by atoms with van der Waals surface area (Å²) >= 11 is 1.63. The summed E-state index contributed by atoms with van der Waals surface area (Å²) in [5, 5.41) is 3.61. The van der Waals surface area contributed by atoms with Crippen LogP contribution in [0.4, 0.5) is 0 Å². The van der Waals surface area contributed by atoms with Gasteiger partial charge in [-0.25, -0.2) is 4.98 Å². The minimum Gasteiger partial charge on any atom is -0.493 e. The van der Waals surface area contributed by atoms with Crippen molar-refractivity contribution < 1.29 is 14.3 Å². The van der Waals surface area contributed by atoms with E-state index in [9.17, 15) is 9.59 Å². The van der Waals surface area contributed by atoms with E-state index < -0.39 is 0 Å². The zero-order valence-electron chi connectivity index (χ0n) is 20.6. The van der Waals surface area contributed by atoms with Gasteiger partial charge >= 0.3 is 0 Å². The summed E-state index contributed by atoms with van der Waals surface area (Å²) in [6.07, 6.45) is 5.12. The number of carbonyl (C=O) groups is 1. The summed E-state index contributed by atoms with van der Waals surface area (Å²) < 4.78 is 12.0. The second-order valence-electron chi connectivity index (χ2n) is 9.96. The monoisotopic (exact) mass is 483 g/mol. The van der Waals surface area contributed by atoms with Crippen molar-refractivity contribution in [1.82, 2.24) is 14.9 Å². The maximum absolute atomic E-state index is 13.2. The molecule has 1 aromatic carbocycles. The molecule has 3 aromatic rings. The maximum Gasteiger partial charge on any atom is 0.262 e. The Labute approximate surface area is 204 Å². The number of hydrogen-bond acceptors (Lipinski definition) is 6. The number of methoxy groups -OCH3 is 2. The van der Waals surface area contributed by atoms with Crippen LogP contribution in [-0.4, -0.2) is 36.2 Å². The normalized spacial score (nSPS) is 15.7. The Morgan fingerprint density at radius 2 is 2.00 bits per heavy atom. The number of hydrogen-bond donors (Lipinski definition) is 1. The Hall–Kier alpha value is -2.87. The summed E-state index contributed by atoms with van der Waals surface area (Å²) in [5.41, 5.74) is 2.29. The number of carbonyl (C=O) groups excluding carboxylic acids is 1. The first-order valence-electron chi connectivity index (χ1n) is 11.7. The second kappa shape index (κ2) is 9.78. The predicted molar refractivity (Wildman–Crippen MR) is 135 cm³/mol. The van der Waals surface area contributed by atoms with Gasteiger partial charge in [0.25, 0.3) is 5.56 Å². The minimum atomic E-state index is -0.208. The fourth-order valence-corrected chi connectivity index (χ4v) is 5.90. The average Bonchev–Trinajstić information content (AvgIpc) is 3.18. The average molecular weight is 484 g/mol. The van der Waals surface area contributed by atoms with Crippen LogP contribution in [0.25, 0.3) is 10.2 Å². The van der Waals surface area contributed by atoms with Gasteiger partial charge in [-0.3, -0.25) is 14.2 Å². The van der Waals surface area contributed by atoms with E-state index in [2.05, 4.69) is 31.1 Å². The van der Waals surface area contributed by atoms with Crippen LogP contribution in [0.15, 0.2) is 29.3 Å². The SMILES string of the molecule is COc1ccc(CCNC(=O)Cn2cnc3sc4c(c3c2=O)CC[C@H](C(C)(C)C)C4)cc1OC. The van der Waals surface area contributed by atoms with E-state index >= 15 is 0 Å². The van der Waals surface area contributed by atoms with Crippen molar-refractivity contribution in [3.63, 3.8) is 0 Å². The number of ether oxygens (including phenoxy) is 2. The third kappa shape index (κ3) is 4.97. The zero-order chi connectivity index (χ0) is 24.5. The van der Waals surface area contributed by atoms with Crippen molar-refractivity contribution in [3.8, 4) is 11.5 Å². The number of aromatic nitrogens is 2. The van der Waals surface area contributed by atoms with E-state index in [4.69, 9.17) is 9.47 Å². The van der Waals surface area contributed by atoms with Crippen molar-refractivity contribution in [3.05, 3.63) is 50.9 Å². The summed E-state index contributed by atoms with van der Waals surface area (Å²) in [5.74, 6) is 1.72. The predicted octanol–water partition coefficient (Wildman–Crippen LogP) is 3.99. The third-order valence-electron chi connectivity index (χ3n) is 6.76. The standard InChI is InChI=1S/C26H33N3O4S/c1-26(2,3)17-7-8-18-21(13-17)34-24-23(18)25(31)29(15-28-24)14-22(30)27-11-10-16-6-9-19(32-4)20(12-16)33-5/h6,9,12,15,17H,7-8,10-11,13-14H2,1-5H3,(H,27,30)/t17-/m0/s1. The lowest BCUT2D eigenvalue weighted by molar-refractivity contribution is -0.121. The van der Waals surface area contributed by atoms with Crippen LogP contribution in [0.2, 0.25) is 0 Å². The molecule has 1 atom stereocenters. The van der Waals surface area contributed by atoms with Crippen molar-refractivity contribution in [2.24, 2.45) is 11.3 Å². The molecule has 182 valence electrons. The first-order chi connectivity index (χ1) is 16.2. The van der Waals surface area contributed by atoms with Crippen LogP contribution in [0.3, 0.4) is 0 Å². The largest absolute Gasteiger partial charge is 0.493 e. The van der Waals surface area contributed by atoms with Gasteiger partial charge in [0.05, 0.1) is 25.9 Å². The molecule has 1 amide bonds. The third-order valence-corrected chi connectivity index (χ3v) is 7.92. The van der Waals surface area contributed by atoms with Gasteiger partial charge in [0.15, 0.2) is 11.5 Å². The molecular weight excluding hydrogens is 450 g/mol. The van der Waals surface area contributed by atoms with Gasteiger partial charge in [0, 0.05) is 11.4 Å². The fraction of sp³-hybridized carbons (Fsp3) is 0.500. The Kier molecular flexibility index (Phi) is 6.98. The van der Waals surface area contributed by atoms with Crippen molar-refractivity contribution in [1.29, 1.82) is 0 Å². The van der Waals surface area contributed by atoms with Gasteiger partial charge in [-0.15, -0.1) is 11.3 Å². The van der Waals surface area contributed by atoms with Gasteiger partial charge in [0.1, 0.15) is 11.4 Å². The number of fused-ring (bicyclic) bond motifs is 3. The van der Waals surface area contributed by atoms with Gasteiger partial charge < -0.3 is 14.8 Å². The highest BCUT2D eigenvalue weighted by Crippen LogP contribution is 2.41. The lowest BCUT2D eigenvalue weighted by Gasteiger charge is -2.33. The molecule has 4 rings (SSSR count). The van der Waals surface area contributed by atoms with Gasteiger partial charge in [-0.05, 0) is 60.3 Å². The number of thiophene rings is 1. The Morgan fingerprint density at radius 1 is 1.24 bits per heavy atom. The molecule has 0 aliphatic heterocycles. The molecule has 1 N–H and O–H groups in total. The van der Waals surface area contributed by atoms with E-state index in [1.807, 2.05) is 18.2 Å². The molecule has 1 aliphatic carbocycles. The van der Waals surface area contributed by atoms with Crippen LogP contribution >= 0.6 is 11.3 Å². The molecule has 0 spiro atoms. The summed E-state index contributed by atoms with van der Waals surface area (Å²) in [6.45, 7) is 7.27. The maximum atomic E-state index is 13.2. The second-order valence-corrected chi connectivity index (χ2v) is 11.0. The number of nitrogens with one attached hydrogen (secondary N) is 1. The van der Waals surface area contributed by atoms with E-state index in [1.165, 1.54) is 15.8 Å². The highest BCUT2D eigenvalue weighted by molar-refractivity contribution is 7.18. The molecule has 2 heterocycles. The molecule has 0 bridgehead atoms. The van der Waals surface area contributed by atoms with Crippen LogP contribution in [-0.2, 0) is 30.6 Å². The van der Waals surface area contributed by atoms with Crippen LogP contribution in [0.5, 0.6) is 11.5 Å². The molecule has 0 saturated heterocycles. The Morgan fingerprint density at radius 3 is 2.71 bits per heavy atom. The summed E-state index contributed by atoms with van der Waals surface area (Å²) in [4.78, 5) is 32.4. The molecule has 8 heteroatoms. The lowest BCUT2D eigenvalue weighted by Crippen LogP contribution is -2.33. The smallest absolute Gasteiger partial charge is 0.262 e.